The summed E-state index contributed by atoms with van der Waals surface area (Å²) in [5.41, 5.74) is 1.74. The van der Waals surface area contributed by atoms with E-state index in [4.69, 9.17) is 9.47 Å². The van der Waals surface area contributed by atoms with Gasteiger partial charge in [0.1, 0.15) is 13.2 Å². The summed E-state index contributed by atoms with van der Waals surface area (Å²) in [5, 5.41) is 11.9. The van der Waals surface area contributed by atoms with Crippen LogP contribution in [0.2, 0.25) is 0 Å². The Labute approximate surface area is 154 Å². The molecule has 0 radical (unpaired) electrons. The van der Waals surface area contributed by atoms with E-state index in [0.29, 0.717) is 18.4 Å². The number of fused-ring (bicyclic) bond motifs is 2. The Hall–Kier alpha value is -2.74. The van der Waals surface area contributed by atoms with Crippen LogP contribution < -0.4 is 14.8 Å². The lowest BCUT2D eigenvalue weighted by Gasteiger charge is -2.21. The van der Waals surface area contributed by atoms with Gasteiger partial charge in [-0.15, -0.1) is 10.2 Å². The molecule has 7 nitrogen and oxygen atoms in total. The summed E-state index contributed by atoms with van der Waals surface area (Å²) in [5.74, 6) is 1.67. The summed E-state index contributed by atoms with van der Waals surface area (Å²) in [6.07, 6.45) is 1.88. The molecule has 1 aliphatic rings. The molecule has 0 saturated heterocycles. The van der Waals surface area contributed by atoms with Crippen molar-refractivity contribution in [3.8, 4) is 11.5 Å². The summed E-state index contributed by atoms with van der Waals surface area (Å²) in [6, 6.07) is 11.3. The number of hydrogen-bond donors (Lipinski definition) is 1. The number of rotatable bonds is 5. The third-order valence-corrected chi connectivity index (χ3v) is 5.00. The highest BCUT2D eigenvalue weighted by atomic mass is 32.2. The van der Waals surface area contributed by atoms with E-state index < -0.39 is 0 Å². The minimum atomic E-state index is -0.130. The van der Waals surface area contributed by atoms with E-state index in [1.54, 1.807) is 0 Å². The summed E-state index contributed by atoms with van der Waals surface area (Å²) >= 11 is 1.36. The van der Waals surface area contributed by atoms with Crippen LogP contribution in [0.4, 0.5) is 0 Å². The van der Waals surface area contributed by atoms with Gasteiger partial charge in [-0.25, -0.2) is 0 Å². The largest absolute Gasteiger partial charge is 0.486 e. The minimum Gasteiger partial charge on any atom is -0.486 e. The summed E-state index contributed by atoms with van der Waals surface area (Å²) in [6.45, 7) is 3.05. The maximum atomic E-state index is 12.3. The molecule has 1 aliphatic heterocycles. The standard InChI is InChI=1S/C18H18N4O3S/c1-12(13-5-6-14-15(10-13)25-9-8-24-14)19-17(23)11-26-18-21-20-16-4-2-3-7-22(16)18/h2-7,10,12H,8-9,11H2,1H3,(H,19,23)/t12-/m0/s1. The van der Waals surface area contributed by atoms with E-state index in [0.717, 1.165) is 22.7 Å². The van der Waals surface area contributed by atoms with Crippen LogP contribution >= 0.6 is 11.8 Å². The van der Waals surface area contributed by atoms with Gasteiger partial charge in [0.25, 0.3) is 0 Å². The van der Waals surface area contributed by atoms with Gasteiger partial charge in [-0.2, -0.15) is 0 Å². The van der Waals surface area contributed by atoms with Crippen LogP contribution in [0.1, 0.15) is 18.5 Å². The third-order valence-electron chi connectivity index (χ3n) is 4.06. The molecule has 1 amide bonds. The van der Waals surface area contributed by atoms with Crippen molar-refractivity contribution in [2.45, 2.75) is 18.1 Å². The molecule has 3 heterocycles. The van der Waals surface area contributed by atoms with Crippen molar-refractivity contribution in [3.63, 3.8) is 0 Å². The highest BCUT2D eigenvalue weighted by Crippen LogP contribution is 2.32. The number of pyridine rings is 1. The normalized spacial score (nSPS) is 14.2. The fourth-order valence-corrected chi connectivity index (χ4v) is 3.48. The van der Waals surface area contributed by atoms with E-state index in [1.807, 2.05) is 53.9 Å². The van der Waals surface area contributed by atoms with Crippen LogP contribution in [-0.4, -0.2) is 39.5 Å². The fraction of sp³-hybridized carbons (Fsp3) is 0.278. The zero-order chi connectivity index (χ0) is 17.9. The molecule has 26 heavy (non-hydrogen) atoms. The van der Waals surface area contributed by atoms with E-state index in [-0.39, 0.29) is 17.7 Å². The number of nitrogens with one attached hydrogen (secondary N) is 1. The molecule has 3 aromatic rings. The van der Waals surface area contributed by atoms with Gasteiger partial charge in [0.2, 0.25) is 5.91 Å². The molecule has 8 heteroatoms. The van der Waals surface area contributed by atoms with Crippen LogP contribution in [0.25, 0.3) is 5.65 Å². The monoisotopic (exact) mass is 370 g/mol. The average Bonchev–Trinajstić information content (AvgIpc) is 3.09. The number of ether oxygens (including phenoxy) is 2. The van der Waals surface area contributed by atoms with Gasteiger partial charge in [0, 0.05) is 6.20 Å². The Morgan fingerprint density at radius 1 is 1.23 bits per heavy atom. The molecule has 4 rings (SSSR count). The number of nitrogens with zero attached hydrogens (tertiary/aromatic N) is 3. The van der Waals surface area contributed by atoms with Crippen LogP contribution in [0.5, 0.6) is 11.5 Å². The predicted molar refractivity (Wildman–Crippen MR) is 97.7 cm³/mol. The Bertz CT molecular complexity index is 943. The van der Waals surface area contributed by atoms with Gasteiger partial charge in [0.15, 0.2) is 22.3 Å². The molecule has 0 aliphatic carbocycles. The highest BCUT2D eigenvalue weighted by Gasteiger charge is 2.16. The first-order chi connectivity index (χ1) is 12.7. The summed E-state index contributed by atoms with van der Waals surface area (Å²) < 4.78 is 13.0. The van der Waals surface area contributed by atoms with Crippen molar-refractivity contribution in [2.24, 2.45) is 0 Å². The van der Waals surface area contributed by atoms with Crippen molar-refractivity contribution >= 4 is 23.3 Å². The smallest absolute Gasteiger partial charge is 0.230 e. The van der Waals surface area contributed by atoms with Gasteiger partial charge in [0.05, 0.1) is 11.8 Å². The second-order valence-corrected chi connectivity index (χ2v) is 6.83. The molecule has 0 fully saturated rings. The lowest BCUT2D eigenvalue weighted by atomic mass is 10.1. The van der Waals surface area contributed by atoms with Crippen LogP contribution in [0, 0.1) is 0 Å². The van der Waals surface area contributed by atoms with Crippen molar-refractivity contribution in [3.05, 3.63) is 48.2 Å². The molecule has 134 valence electrons. The molecule has 0 unspecified atom stereocenters. The first-order valence-corrected chi connectivity index (χ1v) is 9.31. The molecule has 1 N–H and O–H groups in total. The maximum Gasteiger partial charge on any atom is 0.230 e. The zero-order valence-corrected chi connectivity index (χ0v) is 15.0. The molecule has 1 aromatic carbocycles. The molecular weight excluding hydrogens is 352 g/mol. The zero-order valence-electron chi connectivity index (χ0n) is 14.2. The Morgan fingerprint density at radius 3 is 2.96 bits per heavy atom. The van der Waals surface area contributed by atoms with Crippen molar-refractivity contribution in [1.29, 1.82) is 0 Å². The van der Waals surface area contributed by atoms with Crippen LogP contribution in [-0.2, 0) is 4.79 Å². The predicted octanol–water partition coefficient (Wildman–Crippen LogP) is 2.47. The second-order valence-electron chi connectivity index (χ2n) is 5.89. The topological polar surface area (TPSA) is 77.8 Å². The third kappa shape index (κ3) is 3.45. The Kier molecular flexibility index (Phi) is 4.66. The number of amides is 1. The maximum absolute atomic E-state index is 12.3. The number of carbonyl (C=O) groups excluding carboxylic acids is 1. The fourth-order valence-electron chi connectivity index (χ4n) is 2.74. The molecular formula is C18H18N4O3S. The van der Waals surface area contributed by atoms with Crippen molar-refractivity contribution in [2.75, 3.05) is 19.0 Å². The Balaban J connectivity index is 1.37. The molecule has 0 bridgehead atoms. The van der Waals surface area contributed by atoms with Crippen LogP contribution in [0.15, 0.2) is 47.8 Å². The van der Waals surface area contributed by atoms with Crippen LogP contribution in [0.3, 0.4) is 0 Å². The van der Waals surface area contributed by atoms with Gasteiger partial charge < -0.3 is 14.8 Å². The van der Waals surface area contributed by atoms with Gasteiger partial charge >= 0.3 is 0 Å². The van der Waals surface area contributed by atoms with Crippen molar-refractivity contribution in [1.82, 2.24) is 19.9 Å². The lowest BCUT2D eigenvalue weighted by molar-refractivity contribution is -0.119. The first-order valence-electron chi connectivity index (χ1n) is 8.32. The summed E-state index contributed by atoms with van der Waals surface area (Å²) in [4.78, 5) is 12.3. The lowest BCUT2D eigenvalue weighted by Crippen LogP contribution is -2.28. The van der Waals surface area contributed by atoms with E-state index in [9.17, 15) is 4.79 Å². The SMILES string of the molecule is C[C@H](NC(=O)CSc1nnc2ccccn12)c1ccc2c(c1)OCCO2. The number of hydrogen-bond acceptors (Lipinski definition) is 6. The molecule has 0 saturated carbocycles. The number of carbonyl (C=O) groups is 1. The van der Waals surface area contributed by atoms with E-state index >= 15 is 0 Å². The number of aromatic nitrogens is 3. The molecule has 1 atom stereocenters. The minimum absolute atomic E-state index is 0.0647. The average molecular weight is 370 g/mol. The Morgan fingerprint density at radius 2 is 2.08 bits per heavy atom. The summed E-state index contributed by atoms with van der Waals surface area (Å²) in [7, 11) is 0. The number of thioether (sulfide) groups is 1. The first kappa shape index (κ1) is 16.7. The second kappa shape index (κ2) is 7.25. The van der Waals surface area contributed by atoms with E-state index in [2.05, 4.69) is 15.5 Å². The van der Waals surface area contributed by atoms with E-state index in [1.165, 1.54) is 11.8 Å². The molecule has 2 aromatic heterocycles. The van der Waals surface area contributed by atoms with Gasteiger partial charge in [-0.1, -0.05) is 23.9 Å². The van der Waals surface area contributed by atoms with Crippen molar-refractivity contribution < 1.29 is 14.3 Å². The highest BCUT2D eigenvalue weighted by molar-refractivity contribution is 7.99. The number of benzene rings is 1. The molecule has 0 spiro atoms. The van der Waals surface area contributed by atoms with Gasteiger partial charge in [-0.05, 0) is 36.8 Å². The quantitative estimate of drug-likeness (QED) is 0.695. The van der Waals surface area contributed by atoms with Gasteiger partial charge in [-0.3, -0.25) is 9.20 Å².